The lowest BCUT2D eigenvalue weighted by Gasteiger charge is -2.30. The summed E-state index contributed by atoms with van der Waals surface area (Å²) in [6, 6.07) is 0. The Kier molecular flexibility index (Phi) is 5.74. The molecule has 0 aromatic heterocycles. The van der Waals surface area contributed by atoms with E-state index >= 15 is 0 Å². The van der Waals surface area contributed by atoms with Gasteiger partial charge in [-0.1, -0.05) is 26.5 Å². The number of nitrogens with two attached hydrogens (primary N) is 1. The van der Waals surface area contributed by atoms with Crippen molar-refractivity contribution < 1.29 is 19.4 Å². The molecule has 0 aliphatic heterocycles. The predicted octanol–water partition coefficient (Wildman–Crippen LogP) is 0.934. The molecule has 2 atom stereocenters. The Labute approximate surface area is 95.3 Å². The molecule has 92 valence electrons. The maximum Gasteiger partial charge on any atom is 0.327 e. The van der Waals surface area contributed by atoms with Crippen molar-refractivity contribution in [3.05, 3.63) is 12.7 Å². The smallest absolute Gasteiger partial charge is 0.327 e. The number of aliphatic carboxylic acids is 1. The van der Waals surface area contributed by atoms with Crippen molar-refractivity contribution in [1.82, 2.24) is 0 Å². The fraction of sp³-hybridized carbons (Fsp3) is 0.636. The molecule has 0 saturated heterocycles. The third-order valence-corrected chi connectivity index (χ3v) is 2.63. The Morgan fingerprint density at radius 1 is 1.56 bits per heavy atom. The highest BCUT2D eigenvalue weighted by atomic mass is 16.5. The van der Waals surface area contributed by atoms with Gasteiger partial charge in [-0.15, -0.1) is 0 Å². The average molecular weight is 229 g/mol. The molecule has 5 nitrogen and oxygen atoms in total. The standard InChI is InChI=1S/C11H19NO4/c1-4-7-16-10(15)11(12,6-3)8(5-2)9(13)14/h4,8H,1,5-7,12H2,2-3H3,(H,13,14). The van der Waals surface area contributed by atoms with Crippen LogP contribution in [0.4, 0.5) is 0 Å². The Bertz CT molecular complexity index is 277. The van der Waals surface area contributed by atoms with Gasteiger partial charge in [0.05, 0.1) is 5.92 Å². The van der Waals surface area contributed by atoms with Gasteiger partial charge in [-0.05, 0) is 12.8 Å². The summed E-state index contributed by atoms with van der Waals surface area (Å²) in [5, 5.41) is 9.01. The normalized spacial score (nSPS) is 15.9. The predicted molar refractivity (Wildman–Crippen MR) is 59.8 cm³/mol. The Balaban J connectivity index is 4.92. The number of carbonyl (C=O) groups excluding carboxylic acids is 1. The zero-order chi connectivity index (χ0) is 12.8. The van der Waals surface area contributed by atoms with Crippen LogP contribution in [0.25, 0.3) is 0 Å². The summed E-state index contributed by atoms with van der Waals surface area (Å²) in [5.41, 5.74) is 4.38. The van der Waals surface area contributed by atoms with Gasteiger partial charge in [0.2, 0.25) is 0 Å². The van der Waals surface area contributed by atoms with E-state index in [0.29, 0.717) is 0 Å². The van der Waals surface area contributed by atoms with E-state index in [1.165, 1.54) is 6.08 Å². The van der Waals surface area contributed by atoms with Crippen LogP contribution in [0.5, 0.6) is 0 Å². The Hall–Kier alpha value is -1.36. The van der Waals surface area contributed by atoms with Gasteiger partial charge in [-0.2, -0.15) is 0 Å². The second-order valence-corrected chi connectivity index (χ2v) is 3.58. The van der Waals surface area contributed by atoms with Crippen LogP contribution in [0.2, 0.25) is 0 Å². The minimum atomic E-state index is -1.47. The van der Waals surface area contributed by atoms with Gasteiger partial charge in [0.1, 0.15) is 12.1 Å². The van der Waals surface area contributed by atoms with Gasteiger partial charge in [0.15, 0.2) is 0 Å². The van der Waals surface area contributed by atoms with Crippen LogP contribution < -0.4 is 5.73 Å². The summed E-state index contributed by atoms with van der Waals surface area (Å²) in [7, 11) is 0. The topological polar surface area (TPSA) is 89.6 Å². The molecule has 0 heterocycles. The SMILES string of the molecule is C=CCOC(=O)C(N)(CC)C(CC)C(=O)O. The molecule has 0 aromatic carbocycles. The van der Waals surface area contributed by atoms with E-state index < -0.39 is 23.4 Å². The first-order valence-corrected chi connectivity index (χ1v) is 5.23. The summed E-state index contributed by atoms with van der Waals surface area (Å²) in [6.45, 7) is 6.79. The minimum Gasteiger partial charge on any atom is -0.481 e. The molecule has 0 radical (unpaired) electrons. The quantitative estimate of drug-likeness (QED) is 0.500. The van der Waals surface area contributed by atoms with Crippen molar-refractivity contribution in [3.8, 4) is 0 Å². The molecule has 0 rings (SSSR count). The molecule has 3 N–H and O–H groups in total. The summed E-state index contributed by atoms with van der Waals surface area (Å²) in [6.07, 6.45) is 1.91. The third-order valence-electron chi connectivity index (χ3n) is 2.63. The number of carboxylic acids is 1. The molecule has 0 amide bonds. The van der Waals surface area contributed by atoms with Gasteiger partial charge in [0, 0.05) is 0 Å². The lowest BCUT2D eigenvalue weighted by atomic mass is 9.80. The molecule has 0 aromatic rings. The fourth-order valence-electron chi connectivity index (χ4n) is 1.56. The van der Waals surface area contributed by atoms with Crippen molar-refractivity contribution in [1.29, 1.82) is 0 Å². The second-order valence-electron chi connectivity index (χ2n) is 3.58. The monoisotopic (exact) mass is 229 g/mol. The van der Waals surface area contributed by atoms with E-state index in [4.69, 9.17) is 15.6 Å². The molecule has 0 fully saturated rings. The molecule has 5 heteroatoms. The van der Waals surface area contributed by atoms with E-state index in [9.17, 15) is 9.59 Å². The number of carboxylic acid groups (broad SMARTS) is 1. The molecule has 0 saturated carbocycles. The van der Waals surface area contributed by atoms with Crippen LogP contribution >= 0.6 is 0 Å². The maximum atomic E-state index is 11.7. The molecular formula is C11H19NO4. The van der Waals surface area contributed by atoms with E-state index in [1.54, 1.807) is 13.8 Å². The molecular weight excluding hydrogens is 210 g/mol. The van der Waals surface area contributed by atoms with Gasteiger partial charge in [-0.25, -0.2) is 0 Å². The first-order valence-electron chi connectivity index (χ1n) is 5.23. The number of rotatable bonds is 7. The highest BCUT2D eigenvalue weighted by Crippen LogP contribution is 2.24. The average Bonchev–Trinajstić information content (AvgIpc) is 2.25. The number of carbonyl (C=O) groups is 2. The van der Waals surface area contributed by atoms with E-state index in [-0.39, 0.29) is 19.4 Å². The van der Waals surface area contributed by atoms with Crippen LogP contribution in [0.3, 0.4) is 0 Å². The fourth-order valence-corrected chi connectivity index (χ4v) is 1.56. The molecule has 2 unspecified atom stereocenters. The van der Waals surface area contributed by atoms with Crippen LogP contribution in [0, 0.1) is 5.92 Å². The zero-order valence-electron chi connectivity index (χ0n) is 9.73. The summed E-state index contributed by atoms with van der Waals surface area (Å²) < 4.78 is 4.83. The number of esters is 1. The lowest BCUT2D eigenvalue weighted by Crippen LogP contribution is -2.56. The van der Waals surface area contributed by atoms with E-state index in [1.807, 2.05) is 0 Å². The highest BCUT2D eigenvalue weighted by Gasteiger charge is 2.45. The first kappa shape index (κ1) is 14.6. The van der Waals surface area contributed by atoms with Crippen LogP contribution in [0.1, 0.15) is 26.7 Å². The first-order chi connectivity index (χ1) is 7.43. The zero-order valence-corrected chi connectivity index (χ0v) is 9.73. The summed E-state index contributed by atoms with van der Waals surface area (Å²) in [4.78, 5) is 22.7. The number of ether oxygens (including phenoxy) is 1. The molecule has 16 heavy (non-hydrogen) atoms. The molecule has 0 aliphatic carbocycles. The summed E-state index contributed by atoms with van der Waals surface area (Å²) >= 11 is 0. The van der Waals surface area contributed by atoms with Gasteiger partial charge >= 0.3 is 11.9 Å². The lowest BCUT2D eigenvalue weighted by molar-refractivity contribution is -0.159. The molecule has 0 spiro atoms. The number of hydrogen-bond donors (Lipinski definition) is 2. The van der Waals surface area contributed by atoms with Crippen molar-refractivity contribution in [2.75, 3.05) is 6.61 Å². The van der Waals surface area contributed by atoms with E-state index in [0.717, 1.165) is 0 Å². The minimum absolute atomic E-state index is 0.0356. The van der Waals surface area contributed by atoms with Crippen molar-refractivity contribution in [3.63, 3.8) is 0 Å². The van der Waals surface area contributed by atoms with Gasteiger partial charge in [-0.3, -0.25) is 9.59 Å². The van der Waals surface area contributed by atoms with Crippen LogP contribution in [0.15, 0.2) is 12.7 Å². The summed E-state index contributed by atoms with van der Waals surface area (Å²) in [5.74, 6) is -2.71. The van der Waals surface area contributed by atoms with Crippen LogP contribution in [-0.2, 0) is 14.3 Å². The molecule has 0 aliphatic rings. The van der Waals surface area contributed by atoms with Crippen molar-refractivity contribution >= 4 is 11.9 Å². The van der Waals surface area contributed by atoms with Gasteiger partial charge < -0.3 is 15.6 Å². The second kappa shape index (κ2) is 6.27. The highest BCUT2D eigenvalue weighted by molar-refractivity contribution is 5.87. The Morgan fingerprint density at radius 2 is 2.12 bits per heavy atom. The maximum absolute atomic E-state index is 11.7. The number of hydrogen-bond acceptors (Lipinski definition) is 4. The van der Waals surface area contributed by atoms with Crippen molar-refractivity contribution in [2.24, 2.45) is 11.7 Å². The largest absolute Gasteiger partial charge is 0.481 e. The Morgan fingerprint density at radius 3 is 2.44 bits per heavy atom. The molecule has 0 bridgehead atoms. The third kappa shape index (κ3) is 3.06. The van der Waals surface area contributed by atoms with E-state index in [2.05, 4.69) is 6.58 Å². The van der Waals surface area contributed by atoms with Crippen LogP contribution in [-0.4, -0.2) is 29.2 Å². The van der Waals surface area contributed by atoms with Gasteiger partial charge in [0.25, 0.3) is 0 Å². The van der Waals surface area contributed by atoms with Crippen molar-refractivity contribution in [2.45, 2.75) is 32.2 Å².